The van der Waals surface area contributed by atoms with Crippen molar-refractivity contribution < 1.29 is 9.90 Å². The number of aliphatic hydroxyl groups excluding tert-OH is 1. The first-order valence-electron chi connectivity index (χ1n) is 7.46. The van der Waals surface area contributed by atoms with Crippen molar-refractivity contribution in [2.45, 2.75) is 38.6 Å². The molecule has 4 heteroatoms. The Morgan fingerprint density at radius 1 is 1.40 bits per heavy atom. The van der Waals surface area contributed by atoms with Crippen LogP contribution in [0.25, 0.3) is 0 Å². The van der Waals surface area contributed by atoms with E-state index in [1.54, 1.807) is 0 Å². The van der Waals surface area contributed by atoms with Gasteiger partial charge in [-0.2, -0.15) is 0 Å². The van der Waals surface area contributed by atoms with E-state index in [0.29, 0.717) is 6.54 Å². The van der Waals surface area contributed by atoms with Crippen molar-refractivity contribution in [2.24, 2.45) is 0 Å². The average Bonchev–Trinajstić information content (AvgIpc) is 2.88. The van der Waals surface area contributed by atoms with E-state index in [2.05, 4.69) is 29.3 Å². The molecule has 0 saturated carbocycles. The maximum atomic E-state index is 12.0. The Labute approximate surface area is 120 Å². The van der Waals surface area contributed by atoms with Gasteiger partial charge in [0.25, 0.3) is 0 Å². The molecule has 1 aliphatic rings. The molecule has 1 fully saturated rings. The minimum atomic E-state index is -0.00593. The van der Waals surface area contributed by atoms with Crippen molar-refractivity contribution in [1.82, 2.24) is 4.90 Å². The highest BCUT2D eigenvalue weighted by Crippen LogP contribution is 2.16. The largest absolute Gasteiger partial charge is 0.395 e. The molecule has 1 aromatic rings. The van der Waals surface area contributed by atoms with Gasteiger partial charge in [-0.05, 0) is 43.5 Å². The smallest absolute Gasteiger partial charge is 0.238 e. The average molecular weight is 276 g/mol. The number of carbonyl (C=O) groups is 1. The molecular weight excluding hydrogens is 252 g/mol. The van der Waals surface area contributed by atoms with E-state index < -0.39 is 0 Å². The molecule has 2 N–H and O–H groups in total. The number of aliphatic hydroxyl groups is 1. The lowest BCUT2D eigenvalue weighted by Gasteiger charge is -2.21. The van der Waals surface area contributed by atoms with Crippen molar-refractivity contribution in [1.29, 1.82) is 0 Å². The molecule has 1 atom stereocenters. The summed E-state index contributed by atoms with van der Waals surface area (Å²) in [7, 11) is 0. The minimum Gasteiger partial charge on any atom is -0.395 e. The van der Waals surface area contributed by atoms with Gasteiger partial charge in [-0.3, -0.25) is 9.69 Å². The predicted molar refractivity (Wildman–Crippen MR) is 80.7 cm³/mol. The zero-order chi connectivity index (χ0) is 14.4. The summed E-state index contributed by atoms with van der Waals surface area (Å²) in [6, 6.07) is 8.18. The van der Waals surface area contributed by atoms with Gasteiger partial charge in [0.05, 0.1) is 13.2 Å². The summed E-state index contributed by atoms with van der Waals surface area (Å²) in [5.41, 5.74) is 2.14. The molecule has 1 aromatic carbocycles. The van der Waals surface area contributed by atoms with Gasteiger partial charge < -0.3 is 10.4 Å². The van der Waals surface area contributed by atoms with Crippen molar-refractivity contribution in [3.63, 3.8) is 0 Å². The van der Waals surface area contributed by atoms with Gasteiger partial charge >= 0.3 is 0 Å². The number of carbonyl (C=O) groups excluding carboxylic acids is 1. The van der Waals surface area contributed by atoms with Crippen molar-refractivity contribution in [3.05, 3.63) is 29.8 Å². The zero-order valence-electron chi connectivity index (χ0n) is 12.1. The first-order chi connectivity index (χ1) is 9.72. The normalized spacial score (nSPS) is 19.2. The van der Waals surface area contributed by atoms with Crippen LogP contribution in [-0.2, 0) is 11.2 Å². The second kappa shape index (κ2) is 7.41. The number of hydrogen-bond donors (Lipinski definition) is 2. The summed E-state index contributed by atoms with van der Waals surface area (Å²) in [5, 5.41) is 12.2. The number of rotatable bonds is 6. The quantitative estimate of drug-likeness (QED) is 0.836. The Morgan fingerprint density at radius 3 is 2.80 bits per heavy atom. The summed E-state index contributed by atoms with van der Waals surface area (Å²) in [6.07, 6.45) is 4.24. The molecule has 2 rings (SSSR count). The number of aryl methyl sites for hydroxylation is 1. The van der Waals surface area contributed by atoms with Gasteiger partial charge in [0.1, 0.15) is 0 Å². The van der Waals surface area contributed by atoms with Crippen molar-refractivity contribution in [3.8, 4) is 0 Å². The highest BCUT2D eigenvalue weighted by Gasteiger charge is 2.25. The first kappa shape index (κ1) is 15.0. The Morgan fingerprint density at radius 2 is 2.15 bits per heavy atom. The third-order valence-electron chi connectivity index (χ3n) is 3.83. The highest BCUT2D eigenvalue weighted by atomic mass is 16.3. The molecule has 1 amide bonds. The van der Waals surface area contributed by atoms with E-state index in [1.807, 2.05) is 12.1 Å². The molecule has 1 heterocycles. The van der Waals surface area contributed by atoms with Crippen LogP contribution in [0.5, 0.6) is 0 Å². The van der Waals surface area contributed by atoms with Crippen LogP contribution in [0.4, 0.5) is 5.69 Å². The lowest BCUT2D eigenvalue weighted by atomic mass is 10.1. The van der Waals surface area contributed by atoms with E-state index in [-0.39, 0.29) is 18.6 Å². The molecule has 0 radical (unpaired) electrons. The lowest BCUT2D eigenvalue weighted by Crippen LogP contribution is -2.38. The molecule has 1 saturated heterocycles. The second-order valence-corrected chi connectivity index (χ2v) is 5.44. The fourth-order valence-corrected chi connectivity index (χ4v) is 2.74. The fraction of sp³-hybridized carbons (Fsp3) is 0.562. The summed E-state index contributed by atoms with van der Waals surface area (Å²) >= 11 is 0. The monoisotopic (exact) mass is 276 g/mol. The number of benzene rings is 1. The molecular formula is C16H24N2O2. The van der Waals surface area contributed by atoms with Crippen molar-refractivity contribution >= 4 is 11.6 Å². The Kier molecular flexibility index (Phi) is 5.56. The van der Waals surface area contributed by atoms with Crippen LogP contribution in [-0.4, -0.2) is 41.7 Å². The van der Waals surface area contributed by atoms with Crippen LogP contribution in [0.2, 0.25) is 0 Å². The van der Waals surface area contributed by atoms with E-state index >= 15 is 0 Å². The third-order valence-corrected chi connectivity index (χ3v) is 3.83. The Hall–Kier alpha value is -1.39. The van der Waals surface area contributed by atoms with E-state index in [1.165, 1.54) is 5.56 Å². The Bertz CT molecular complexity index is 431. The van der Waals surface area contributed by atoms with Crippen LogP contribution < -0.4 is 5.32 Å². The highest BCUT2D eigenvalue weighted by molar-refractivity contribution is 5.92. The molecule has 0 aliphatic carbocycles. The number of amides is 1. The van der Waals surface area contributed by atoms with Crippen LogP contribution in [0, 0.1) is 0 Å². The SMILES string of the molecule is CCCc1ccc(NC(=O)CN2CCC[C@@H]2CO)cc1. The number of hydrogen-bond acceptors (Lipinski definition) is 3. The molecule has 0 bridgehead atoms. The number of likely N-dealkylation sites (tertiary alicyclic amines) is 1. The molecule has 1 aliphatic heterocycles. The van der Waals surface area contributed by atoms with E-state index in [0.717, 1.165) is 37.9 Å². The van der Waals surface area contributed by atoms with E-state index in [9.17, 15) is 9.90 Å². The lowest BCUT2D eigenvalue weighted by molar-refractivity contribution is -0.117. The van der Waals surface area contributed by atoms with Crippen LogP contribution in [0.15, 0.2) is 24.3 Å². The topological polar surface area (TPSA) is 52.6 Å². The number of anilines is 1. The predicted octanol–water partition coefficient (Wildman–Crippen LogP) is 2.03. The molecule has 20 heavy (non-hydrogen) atoms. The first-order valence-corrected chi connectivity index (χ1v) is 7.46. The van der Waals surface area contributed by atoms with Gasteiger partial charge in [0.2, 0.25) is 5.91 Å². The molecule has 0 unspecified atom stereocenters. The van der Waals surface area contributed by atoms with E-state index in [4.69, 9.17) is 0 Å². The molecule has 110 valence electrons. The zero-order valence-corrected chi connectivity index (χ0v) is 12.1. The molecule has 0 aromatic heterocycles. The molecule has 0 spiro atoms. The van der Waals surface area contributed by atoms with Crippen LogP contribution in [0.1, 0.15) is 31.7 Å². The van der Waals surface area contributed by atoms with Gasteiger partial charge in [-0.15, -0.1) is 0 Å². The number of nitrogens with zero attached hydrogens (tertiary/aromatic N) is 1. The van der Waals surface area contributed by atoms with Gasteiger partial charge in [-0.1, -0.05) is 25.5 Å². The van der Waals surface area contributed by atoms with Gasteiger partial charge in [0.15, 0.2) is 0 Å². The van der Waals surface area contributed by atoms with Gasteiger partial charge in [-0.25, -0.2) is 0 Å². The Balaban J connectivity index is 1.84. The maximum absolute atomic E-state index is 12.0. The fourth-order valence-electron chi connectivity index (χ4n) is 2.74. The standard InChI is InChI=1S/C16H24N2O2/c1-2-4-13-6-8-14(9-7-13)17-16(20)11-18-10-3-5-15(18)12-19/h6-9,15,19H,2-5,10-12H2,1H3,(H,17,20)/t15-/m1/s1. The number of nitrogens with one attached hydrogen (secondary N) is 1. The van der Waals surface area contributed by atoms with Crippen LogP contribution in [0.3, 0.4) is 0 Å². The summed E-state index contributed by atoms with van der Waals surface area (Å²) in [4.78, 5) is 14.1. The summed E-state index contributed by atoms with van der Waals surface area (Å²) in [6.45, 7) is 3.55. The summed E-state index contributed by atoms with van der Waals surface area (Å²) in [5.74, 6) is -0.00593. The third kappa shape index (κ3) is 4.05. The second-order valence-electron chi connectivity index (χ2n) is 5.44. The molecule has 4 nitrogen and oxygen atoms in total. The van der Waals surface area contributed by atoms with Crippen LogP contribution >= 0.6 is 0 Å². The summed E-state index contributed by atoms with van der Waals surface area (Å²) < 4.78 is 0. The van der Waals surface area contributed by atoms with Gasteiger partial charge in [0, 0.05) is 11.7 Å². The van der Waals surface area contributed by atoms with Crippen molar-refractivity contribution in [2.75, 3.05) is 25.0 Å². The maximum Gasteiger partial charge on any atom is 0.238 e. The minimum absolute atomic E-state index is 0.00593.